The monoisotopic (exact) mass is 367 g/mol. The van der Waals surface area contributed by atoms with Crippen LogP contribution in [0.15, 0.2) is 47.0 Å². The van der Waals surface area contributed by atoms with Crippen molar-refractivity contribution < 1.29 is 13.2 Å². The Morgan fingerprint density at radius 1 is 1.28 bits per heavy atom. The zero-order chi connectivity index (χ0) is 17.9. The zero-order valence-corrected chi connectivity index (χ0v) is 14.2. The quantitative estimate of drug-likeness (QED) is 0.550. The van der Waals surface area contributed by atoms with Gasteiger partial charge in [0, 0.05) is 31.4 Å². The molecule has 0 spiro atoms. The van der Waals surface area contributed by atoms with Crippen LogP contribution in [0, 0.1) is 0 Å². The van der Waals surface area contributed by atoms with Crippen LogP contribution in [0.3, 0.4) is 0 Å². The fraction of sp³-hybridized carbons (Fsp3) is 0.250. The molecule has 3 aromatic rings. The van der Waals surface area contributed by atoms with Crippen LogP contribution in [0.2, 0.25) is 0 Å². The second kappa shape index (κ2) is 7.14. The summed E-state index contributed by atoms with van der Waals surface area (Å²) in [5.74, 6) is 0.494. The molecule has 1 aromatic carbocycles. The van der Waals surface area contributed by atoms with Crippen molar-refractivity contribution in [2.75, 3.05) is 7.05 Å². The number of aromatic nitrogens is 2. The third-order valence-electron chi connectivity index (χ3n) is 3.52. The molecule has 0 radical (unpaired) electrons. The lowest BCUT2D eigenvalue weighted by Crippen LogP contribution is -2.36. The van der Waals surface area contributed by atoms with Gasteiger partial charge in [-0.3, -0.25) is 9.39 Å². The standard InChI is InChI=1S/C16H16F3N5S/c1-20-14(22-9-13-10-24-5-6-25-15(24)23-13)21-8-11-3-2-4-12(7-11)16(17,18)19/h2-7,10H,8-9H2,1H3,(H2,20,21,22). The Hall–Kier alpha value is -2.55. The molecule has 9 heteroatoms. The Bertz CT molecular complexity index is 853. The van der Waals surface area contributed by atoms with E-state index in [9.17, 15) is 13.2 Å². The highest BCUT2D eigenvalue weighted by atomic mass is 32.1. The van der Waals surface area contributed by atoms with E-state index in [0.717, 1.165) is 22.8 Å². The van der Waals surface area contributed by atoms with E-state index in [4.69, 9.17) is 0 Å². The molecule has 0 unspecified atom stereocenters. The van der Waals surface area contributed by atoms with Gasteiger partial charge in [0.15, 0.2) is 10.9 Å². The first-order valence-corrected chi connectivity index (χ1v) is 8.35. The molecule has 0 saturated heterocycles. The minimum atomic E-state index is -4.34. The van der Waals surface area contributed by atoms with Crippen LogP contribution < -0.4 is 10.6 Å². The van der Waals surface area contributed by atoms with E-state index in [0.29, 0.717) is 18.1 Å². The van der Waals surface area contributed by atoms with Gasteiger partial charge in [-0.2, -0.15) is 13.2 Å². The zero-order valence-electron chi connectivity index (χ0n) is 13.3. The Balaban J connectivity index is 1.56. The second-order valence-electron chi connectivity index (χ2n) is 5.30. The van der Waals surface area contributed by atoms with Gasteiger partial charge in [0.25, 0.3) is 0 Å². The number of nitrogens with one attached hydrogen (secondary N) is 2. The summed E-state index contributed by atoms with van der Waals surface area (Å²) in [6, 6.07) is 5.22. The summed E-state index contributed by atoms with van der Waals surface area (Å²) in [6.45, 7) is 0.707. The lowest BCUT2D eigenvalue weighted by Gasteiger charge is -2.12. The molecule has 0 aliphatic carbocycles. The number of nitrogens with zero attached hydrogens (tertiary/aromatic N) is 3. The molecule has 132 valence electrons. The normalized spacial score (nSPS) is 12.6. The van der Waals surface area contributed by atoms with E-state index < -0.39 is 11.7 Å². The van der Waals surface area contributed by atoms with Gasteiger partial charge < -0.3 is 10.6 Å². The van der Waals surface area contributed by atoms with Crippen LogP contribution in [0.25, 0.3) is 4.96 Å². The number of guanidine groups is 1. The molecule has 3 rings (SSSR count). The highest BCUT2D eigenvalue weighted by Crippen LogP contribution is 2.29. The van der Waals surface area contributed by atoms with Crippen molar-refractivity contribution in [2.45, 2.75) is 19.3 Å². The fourth-order valence-corrected chi connectivity index (χ4v) is 3.02. The number of benzene rings is 1. The lowest BCUT2D eigenvalue weighted by atomic mass is 10.1. The smallest absolute Gasteiger partial charge is 0.352 e. The molecule has 25 heavy (non-hydrogen) atoms. The van der Waals surface area contributed by atoms with E-state index >= 15 is 0 Å². The molecule has 2 N–H and O–H groups in total. The van der Waals surface area contributed by atoms with Gasteiger partial charge in [-0.25, -0.2) is 4.98 Å². The van der Waals surface area contributed by atoms with Crippen molar-refractivity contribution in [3.8, 4) is 0 Å². The average molecular weight is 367 g/mol. The number of imidazole rings is 1. The highest BCUT2D eigenvalue weighted by Gasteiger charge is 2.30. The number of thiazole rings is 1. The molecule has 0 amide bonds. The van der Waals surface area contributed by atoms with E-state index in [2.05, 4.69) is 20.6 Å². The predicted molar refractivity (Wildman–Crippen MR) is 91.6 cm³/mol. The van der Waals surface area contributed by atoms with Gasteiger partial charge in [0.05, 0.1) is 17.8 Å². The van der Waals surface area contributed by atoms with Crippen molar-refractivity contribution >= 4 is 22.3 Å². The second-order valence-corrected chi connectivity index (χ2v) is 6.18. The maximum absolute atomic E-state index is 12.7. The minimum Gasteiger partial charge on any atom is -0.352 e. The lowest BCUT2D eigenvalue weighted by molar-refractivity contribution is -0.137. The SMILES string of the molecule is CN=C(NCc1cccc(C(F)(F)F)c1)NCc1cn2ccsc2n1. The molecular weight excluding hydrogens is 351 g/mol. The predicted octanol–water partition coefficient (Wildman–Crippen LogP) is 3.28. The Labute approximate surface area is 146 Å². The highest BCUT2D eigenvalue weighted by molar-refractivity contribution is 7.15. The number of hydrogen-bond donors (Lipinski definition) is 2. The Morgan fingerprint density at radius 3 is 2.80 bits per heavy atom. The van der Waals surface area contributed by atoms with E-state index in [1.165, 1.54) is 6.07 Å². The van der Waals surface area contributed by atoms with Gasteiger partial charge in [0.2, 0.25) is 0 Å². The minimum absolute atomic E-state index is 0.238. The third kappa shape index (κ3) is 4.30. The van der Waals surface area contributed by atoms with Crippen molar-refractivity contribution in [1.29, 1.82) is 0 Å². The summed E-state index contributed by atoms with van der Waals surface area (Å²) in [5, 5.41) is 8.05. The molecule has 0 bridgehead atoms. The summed E-state index contributed by atoms with van der Waals surface area (Å²) < 4.78 is 40.1. The number of rotatable bonds is 4. The molecule has 2 aromatic heterocycles. The summed E-state index contributed by atoms with van der Waals surface area (Å²) in [6.07, 6.45) is -0.500. The maximum Gasteiger partial charge on any atom is 0.416 e. The molecule has 0 fully saturated rings. The van der Waals surface area contributed by atoms with Gasteiger partial charge in [-0.05, 0) is 17.7 Å². The summed E-state index contributed by atoms with van der Waals surface area (Å²) in [4.78, 5) is 9.42. The van der Waals surface area contributed by atoms with Crippen molar-refractivity contribution in [1.82, 2.24) is 20.0 Å². The van der Waals surface area contributed by atoms with Crippen molar-refractivity contribution in [3.63, 3.8) is 0 Å². The molecule has 0 atom stereocenters. The number of hydrogen-bond acceptors (Lipinski definition) is 3. The van der Waals surface area contributed by atoms with Crippen LogP contribution >= 0.6 is 11.3 Å². The van der Waals surface area contributed by atoms with Gasteiger partial charge >= 0.3 is 6.18 Å². The number of aliphatic imine (C=N–C) groups is 1. The van der Waals surface area contributed by atoms with Crippen molar-refractivity contribution in [3.05, 3.63) is 58.9 Å². The summed E-state index contributed by atoms with van der Waals surface area (Å²) in [5.41, 5.74) is 0.724. The van der Waals surface area contributed by atoms with E-state index in [1.54, 1.807) is 24.5 Å². The number of halogens is 3. The van der Waals surface area contributed by atoms with Crippen LogP contribution in [0.4, 0.5) is 13.2 Å². The molecule has 0 aliphatic heterocycles. The van der Waals surface area contributed by atoms with Crippen LogP contribution in [0.1, 0.15) is 16.8 Å². The first-order chi connectivity index (χ1) is 12.0. The fourth-order valence-electron chi connectivity index (χ4n) is 2.30. The van der Waals surface area contributed by atoms with Crippen LogP contribution in [0.5, 0.6) is 0 Å². The Kier molecular flexibility index (Phi) is 4.93. The number of fused-ring (bicyclic) bond motifs is 1. The summed E-state index contributed by atoms with van der Waals surface area (Å²) >= 11 is 1.55. The molecule has 5 nitrogen and oxygen atoms in total. The first kappa shape index (κ1) is 17.3. The van der Waals surface area contributed by atoms with Gasteiger partial charge in [-0.15, -0.1) is 11.3 Å². The topological polar surface area (TPSA) is 53.7 Å². The van der Waals surface area contributed by atoms with Crippen LogP contribution in [-0.4, -0.2) is 22.4 Å². The maximum atomic E-state index is 12.7. The van der Waals surface area contributed by atoms with E-state index in [1.807, 2.05) is 22.2 Å². The van der Waals surface area contributed by atoms with Gasteiger partial charge in [-0.1, -0.05) is 12.1 Å². The summed E-state index contributed by atoms with van der Waals surface area (Å²) in [7, 11) is 1.60. The van der Waals surface area contributed by atoms with Crippen molar-refractivity contribution in [2.24, 2.45) is 4.99 Å². The Morgan fingerprint density at radius 2 is 2.08 bits per heavy atom. The third-order valence-corrected chi connectivity index (χ3v) is 4.29. The molecule has 0 saturated carbocycles. The van der Waals surface area contributed by atoms with Crippen LogP contribution in [-0.2, 0) is 19.3 Å². The largest absolute Gasteiger partial charge is 0.416 e. The van der Waals surface area contributed by atoms with Gasteiger partial charge in [0.1, 0.15) is 0 Å². The molecule has 2 heterocycles. The first-order valence-electron chi connectivity index (χ1n) is 7.47. The number of alkyl halides is 3. The average Bonchev–Trinajstić information content (AvgIpc) is 3.16. The molecular formula is C16H16F3N5S. The molecule has 0 aliphatic rings. The van der Waals surface area contributed by atoms with E-state index in [-0.39, 0.29) is 6.54 Å².